The summed E-state index contributed by atoms with van der Waals surface area (Å²) in [5, 5.41) is 14.3. The van der Waals surface area contributed by atoms with Crippen molar-refractivity contribution in [2.45, 2.75) is 26.5 Å². The average Bonchev–Trinajstić information content (AvgIpc) is 2.97. The molecule has 0 fully saturated rings. The van der Waals surface area contributed by atoms with E-state index >= 15 is 0 Å². The number of aliphatic imine (C=N–C) groups is 3. The summed E-state index contributed by atoms with van der Waals surface area (Å²) in [7, 11) is 0. The summed E-state index contributed by atoms with van der Waals surface area (Å²) in [5.74, 6) is 2.55. The Balaban J connectivity index is 2.07. The molecule has 26 heavy (non-hydrogen) atoms. The monoisotopic (exact) mass is 368 g/mol. The van der Waals surface area contributed by atoms with Crippen LogP contribution in [0.4, 0.5) is 0 Å². The van der Waals surface area contributed by atoms with E-state index in [1.807, 2.05) is 0 Å². The molecule has 1 aromatic rings. The van der Waals surface area contributed by atoms with Gasteiger partial charge in [0.05, 0.1) is 5.57 Å². The lowest BCUT2D eigenvalue weighted by molar-refractivity contribution is -0.126. The number of amidine groups is 3. The van der Waals surface area contributed by atoms with E-state index in [2.05, 4.69) is 26.2 Å². The number of nitrogens with zero attached hydrogens (tertiary/aromatic N) is 3. The quantitative estimate of drug-likeness (QED) is 0.746. The topological polar surface area (TPSA) is 86.4 Å². The number of amides is 1. The molecule has 1 unspecified atom stereocenters. The fourth-order valence-corrected chi connectivity index (χ4v) is 2.74. The number of nitrogens with one attached hydrogen (secondary N) is 1. The Labute approximate surface area is 156 Å². The summed E-state index contributed by atoms with van der Waals surface area (Å²) in [4.78, 5) is 24.8. The minimum atomic E-state index is -1.84. The SMILES string of the molecule is C#CC1=NC(O)(c2ccccc2Cl)C2=CC(NC(=O)C(C)(C)C)=NC2=N1. The summed E-state index contributed by atoms with van der Waals surface area (Å²) in [6.45, 7) is 5.36. The minimum absolute atomic E-state index is 0.00767. The highest BCUT2D eigenvalue weighted by Gasteiger charge is 2.43. The molecular formula is C19H17ClN4O2. The molecule has 1 amide bonds. The van der Waals surface area contributed by atoms with Gasteiger partial charge < -0.3 is 10.4 Å². The number of hydrogen-bond acceptors (Lipinski definition) is 5. The number of fused-ring (bicyclic) bond motifs is 1. The van der Waals surface area contributed by atoms with Gasteiger partial charge >= 0.3 is 0 Å². The van der Waals surface area contributed by atoms with Gasteiger partial charge in [-0.2, -0.15) is 0 Å². The highest BCUT2D eigenvalue weighted by Crippen LogP contribution is 2.40. The van der Waals surface area contributed by atoms with Crippen molar-refractivity contribution in [1.82, 2.24) is 5.32 Å². The smallest absolute Gasteiger partial charge is 0.230 e. The van der Waals surface area contributed by atoms with Crippen molar-refractivity contribution in [3.8, 4) is 12.3 Å². The Kier molecular flexibility index (Phi) is 4.31. The highest BCUT2D eigenvalue weighted by atomic mass is 35.5. The average molecular weight is 369 g/mol. The summed E-state index contributed by atoms with van der Waals surface area (Å²) in [6.07, 6.45) is 6.96. The van der Waals surface area contributed by atoms with Gasteiger partial charge in [0.1, 0.15) is 5.84 Å². The fraction of sp³-hybridized carbons (Fsp3) is 0.263. The van der Waals surface area contributed by atoms with E-state index in [1.54, 1.807) is 45.0 Å². The Hall–Kier alpha value is -2.75. The zero-order chi connectivity index (χ0) is 19.1. The van der Waals surface area contributed by atoms with Crippen molar-refractivity contribution in [2.75, 3.05) is 0 Å². The molecule has 0 saturated carbocycles. The van der Waals surface area contributed by atoms with E-state index < -0.39 is 11.1 Å². The summed E-state index contributed by atoms with van der Waals surface area (Å²) < 4.78 is 0. The molecule has 132 valence electrons. The summed E-state index contributed by atoms with van der Waals surface area (Å²) in [5.41, 5.74) is -1.79. The van der Waals surface area contributed by atoms with Gasteiger partial charge in [0, 0.05) is 16.0 Å². The number of carbonyl (C=O) groups excluding carboxylic acids is 1. The van der Waals surface area contributed by atoms with Gasteiger partial charge in [0.15, 0.2) is 5.84 Å². The molecule has 7 heteroatoms. The summed E-state index contributed by atoms with van der Waals surface area (Å²) in [6, 6.07) is 6.77. The van der Waals surface area contributed by atoms with Crippen LogP contribution in [0.25, 0.3) is 0 Å². The van der Waals surface area contributed by atoms with Crippen molar-refractivity contribution in [2.24, 2.45) is 20.4 Å². The Bertz CT molecular complexity index is 960. The largest absolute Gasteiger partial charge is 0.362 e. The molecule has 1 aromatic carbocycles. The molecule has 1 atom stereocenters. The third-order valence-electron chi connectivity index (χ3n) is 3.90. The third kappa shape index (κ3) is 3.07. The first-order valence-electron chi connectivity index (χ1n) is 7.90. The fourth-order valence-electron chi connectivity index (χ4n) is 2.47. The molecule has 0 spiro atoms. The molecule has 2 N–H and O–H groups in total. The Morgan fingerprint density at radius 2 is 2.00 bits per heavy atom. The van der Waals surface area contributed by atoms with Gasteiger partial charge in [-0.05, 0) is 18.1 Å². The van der Waals surface area contributed by atoms with Crippen LogP contribution in [-0.4, -0.2) is 28.5 Å². The zero-order valence-corrected chi connectivity index (χ0v) is 15.3. The second-order valence-corrected chi connectivity index (χ2v) is 7.33. The van der Waals surface area contributed by atoms with E-state index in [0.717, 1.165) is 0 Å². The number of aliphatic hydroxyl groups is 1. The van der Waals surface area contributed by atoms with Crippen LogP contribution < -0.4 is 5.32 Å². The lowest BCUT2D eigenvalue weighted by Crippen LogP contribution is -2.38. The maximum Gasteiger partial charge on any atom is 0.230 e. The van der Waals surface area contributed by atoms with E-state index in [1.165, 1.54) is 6.08 Å². The minimum Gasteiger partial charge on any atom is -0.362 e. The van der Waals surface area contributed by atoms with Crippen molar-refractivity contribution >= 4 is 35.0 Å². The van der Waals surface area contributed by atoms with Crippen LogP contribution in [0.1, 0.15) is 26.3 Å². The molecule has 0 radical (unpaired) electrons. The number of halogens is 1. The first-order valence-corrected chi connectivity index (χ1v) is 8.28. The van der Waals surface area contributed by atoms with Gasteiger partial charge in [0.2, 0.25) is 17.5 Å². The predicted octanol–water partition coefficient (Wildman–Crippen LogP) is 2.43. The lowest BCUT2D eigenvalue weighted by Gasteiger charge is -2.28. The normalized spacial score (nSPS) is 21.7. The molecule has 0 aliphatic carbocycles. The van der Waals surface area contributed by atoms with Crippen LogP contribution in [0.15, 0.2) is 50.9 Å². The van der Waals surface area contributed by atoms with Crippen LogP contribution in [0.2, 0.25) is 5.02 Å². The van der Waals surface area contributed by atoms with Crippen molar-refractivity contribution in [3.63, 3.8) is 0 Å². The van der Waals surface area contributed by atoms with Crippen molar-refractivity contribution in [3.05, 3.63) is 46.5 Å². The van der Waals surface area contributed by atoms with E-state index in [4.69, 9.17) is 18.0 Å². The van der Waals surface area contributed by atoms with Crippen LogP contribution in [0, 0.1) is 17.8 Å². The number of hydrogen-bond donors (Lipinski definition) is 2. The zero-order valence-electron chi connectivity index (χ0n) is 14.5. The van der Waals surface area contributed by atoms with E-state index in [0.29, 0.717) is 16.2 Å². The van der Waals surface area contributed by atoms with Crippen LogP contribution >= 0.6 is 11.6 Å². The molecule has 3 rings (SSSR count). The predicted molar refractivity (Wildman–Crippen MR) is 102 cm³/mol. The van der Waals surface area contributed by atoms with E-state index in [-0.39, 0.29) is 23.4 Å². The number of terminal acetylenes is 1. The van der Waals surface area contributed by atoms with Crippen LogP contribution in [0.5, 0.6) is 0 Å². The Morgan fingerprint density at radius 3 is 2.62 bits per heavy atom. The first kappa shape index (κ1) is 18.1. The Morgan fingerprint density at radius 1 is 1.31 bits per heavy atom. The molecule has 6 nitrogen and oxygen atoms in total. The van der Waals surface area contributed by atoms with Gasteiger partial charge in [-0.25, -0.2) is 15.0 Å². The second-order valence-electron chi connectivity index (χ2n) is 6.93. The van der Waals surface area contributed by atoms with E-state index in [9.17, 15) is 9.90 Å². The van der Waals surface area contributed by atoms with Crippen molar-refractivity contribution in [1.29, 1.82) is 0 Å². The standard InChI is InChI=1S/C19H17ClN4O2/c1-5-14-21-16-12(10-15(22-16)23-17(25)18(2,3)4)19(26,24-14)11-8-6-7-9-13(11)20/h1,6-10,26H,2-4H3,(H,21,22,23,24,25). The van der Waals surface area contributed by atoms with Gasteiger partial charge in [-0.1, -0.05) is 50.6 Å². The molecule has 0 saturated heterocycles. The number of rotatable bonds is 1. The number of benzene rings is 1. The maximum absolute atomic E-state index is 12.2. The van der Waals surface area contributed by atoms with Gasteiger partial charge in [-0.3, -0.25) is 4.79 Å². The molecule has 2 aliphatic heterocycles. The molecule has 0 aromatic heterocycles. The maximum atomic E-state index is 12.2. The van der Waals surface area contributed by atoms with Crippen LogP contribution in [0.3, 0.4) is 0 Å². The lowest BCUT2D eigenvalue weighted by atomic mass is 9.92. The second kappa shape index (κ2) is 6.20. The summed E-state index contributed by atoms with van der Waals surface area (Å²) >= 11 is 6.25. The molecule has 0 bridgehead atoms. The van der Waals surface area contributed by atoms with Crippen molar-refractivity contribution < 1.29 is 9.90 Å². The molecular weight excluding hydrogens is 352 g/mol. The van der Waals surface area contributed by atoms with Crippen LogP contribution in [-0.2, 0) is 10.5 Å². The molecule has 2 aliphatic rings. The van der Waals surface area contributed by atoms with Gasteiger partial charge in [-0.15, -0.1) is 6.42 Å². The molecule has 2 heterocycles. The third-order valence-corrected chi connectivity index (χ3v) is 4.23. The highest BCUT2D eigenvalue weighted by molar-refractivity contribution is 6.32. The number of carbonyl (C=O) groups is 1. The first-order chi connectivity index (χ1) is 12.1. The van der Waals surface area contributed by atoms with Gasteiger partial charge in [0.25, 0.3) is 0 Å².